The summed E-state index contributed by atoms with van der Waals surface area (Å²) < 4.78 is 4.97. The van der Waals surface area contributed by atoms with Crippen LogP contribution in [0.1, 0.15) is 13.3 Å². The largest absolute Gasteiger partial charge is 0.516 e. The number of aliphatic hydroxyl groups excluding tert-OH is 1. The summed E-state index contributed by atoms with van der Waals surface area (Å²) >= 11 is 0. The van der Waals surface area contributed by atoms with Gasteiger partial charge in [-0.25, -0.2) is 0 Å². The molecule has 0 rings (SSSR count). The summed E-state index contributed by atoms with van der Waals surface area (Å²) in [6.45, 7) is 3.40. The van der Waals surface area contributed by atoms with Gasteiger partial charge in [-0.3, -0.25) is 0 Å². The van der Waals surface area contributed by atoms with E-state index < -0.39 is 0 Å². The molecule has 0 atom stereocenters. The van der Waals surface area contributed by atoms with E-state index >= 15 is 0 Å². The van der Waals surface area contributed by atoms with Crippen molar-refractivity contribution in [3.63, 3.8) is 0 Å². The molecule has 8 heavy (non-hydrogen) atoms. The highest BCUT2D eigenvalue weighted by molar-refractivity contribution is 4.70. The van der Waals surface area contributed by atoms with E-state index in [-0.39, 0.29) is 0 Å². The van der Waals surface area contributed by atoms with Gasteiger partial charge in [-0.15, -0.1) is 0 Å². The lowest BCUT2D eigenvalue weighted by Crippen LogP contribution is -1.90. The molecule has 0 amide bonds. The summed E-state index contributed by atoms with van der Waals surface area (Å²) in [5.41, 5.74) is 0. The van der Waals surface area contributed by atoms with Crippen molar-refractivity contribution in [2.75, 3.05) is 13.2 Å². The van der Waals surface area contributed by atoms with E-state index in [0.29, 0.717) is 6.61 Å². The molecule has 0 aromatic rings. The fourth-order valence-corrected chi connectivity index (χ4v) is 0.370. The molecule has 0 aliphatic heterocycles. The molecule has 0 aliphatic rings. The van der Waals surface area contributed by atoms with E-state index in [1.54, 1.807) is 6.08 Å². The van der Waals surface area contributed by atoms with Crippen molar-refractivity contribution >= 4 is 0 Å². The molecule has 0 spiro atoms. The standard InChI is InChI=1S/C6H12O2/c1-2-8-6-4-3-5-7/h3,5,7H,2,4,6H2,1H3. The van der Waals surface area contributed by atoms with Crippen molar-refractivity contribution in [1.29, 1.82) is 0 Å². The first kappa shape index (κ1) is 7.50. The Morgan fingerprint density at radius 3 is 2.88 bits per heavy atom. The average Bonchev–Trinajstić information content (AvgIpc) is 1.81. The van der Waals surface area contributed by atoms with Gasteiger partial charge in [0.2, 0.25) is 0 Å². The summed E-state index contributed by atoms with van der Waals surface area (Å²) in [7, 11) is 0. The minimum Gasteiger partial charge on any atom is -0.516 e. The van der Waals surface area contributed by atoms with Gasteiger partial charge < -0.3 is 9.84 Å². The molecule has 2 heteroatoms. The summed E-state index contributed by atoms with van der Waals surface area (Å²) in [5.74, 6) is 0. The fraction of sp³-hybridized carbons (Fsp3) is 0.667. The van der Waals surface area contributed by atoms with Crippen molar-refractivity contribution < 1.29 is 9.84 Å². The van der Waals surface area contributed by atoms with Crippen LogP contribution < -0.4 is 0 Å². The average molecular weight is 116 g/mol. The highest BCUT2D eigenvalue weighted by Gasteiger charge is 1.77. The Kier molecular flexibility index (Phi) is 6.09. The van der Waals surface area contributed by atoms with Crippen molar-refractivity contribution in [3.8, 4) is 0 Å². The molecule has 0 fully saturated rings. The topological polar surface area (TPSA) is 29.5 Å². The maximum Gasteiger partial charge on any atom is 0.0752 e. The minimum absolute atomic E-state index is 0.702. The van der Waals surface area contributed by atoms with Crippen molar-refractivity contribution in [1.82, 2.24) is 0 Å². The lowest BCUT2D eigenvalue weighted by atomic mass is 10.4. The van der Waals surface area contributed by atoms with Crippen molar-refractivity contribution in [2.45, 2.75) is 13.3 Å². The Labute approximate surface area is 49.8 Å². The Bertz CT molecular complexity index is 59.5. The minimum atomic E-state index is 0.702. The third kappa shape index (κ3) is 5.50. The van der Waals surface area contributed by atoms with Gasteiger partial charge >= 0.3 is 0 Å². The fourth-order valence-electron chi connectivity index (χ4n) is 0.370. The zero-order valence-corrected chi connectivity index (χ0v) is 5.13. The monoisotopic (exact) mass is 116 g/mol. The molecule has 0 radical (unpaired) electrons. The van der Waals surface area contributed by atoms with E-state index in [2.05, 4.69) is 0 Å². The van der Waals surface area contributed by atoms with E-state index in [9.17, 15) is 0 Å². The van der Waals surface area contributed by atoms with Crippen LogP contribution in [0.15, 0.2) is 12.3 Å². The lowest BCUT2D eigenvalue weighted by Gasteiger charge is -1.93. The maximum atomic E-state index is 8.13. The molecule has 0 saturated heterocycles. The highest BCUT2D eigenvalue weighted by Crippen LogP contribution is 1.82. The second-order valence-electron chi connectivity index (χ2n) is 1.37. The van der Waals surface area contributed by atoms with Crippen LogP contribution in [0.3, 0.4) is 0 Å². The number of aliphatic hydroxyl groups is 1. The first-order valence-electron chi connectivity index (χ1n) is 2.78. The molecule has 2 nitrogen and oxygen atoms in total. The quantitative estimate of drug-likeness (QED) is 0.445. The SMILES string of the molecule is CCOCCC=CO. The number of hydrogen-bond donors (Lipinski definition) is 1. The van der Waals surface area contributed by atoms with Crippen LogP contribution in [0.25, 0.3) is 0 Å². The molecule has 0 aromatic carbocycles. The van der Waals surface area contributed by atoms with E-state index in [0.717, 1.165) is 19.3 Å². The number of rotatable bonds is 4. The van der Waals surface area contributed by atoms with Crippen LogP contribution in [0.5, 0.6) is 0 Å². The Hall–Kier alpha value is -0.500. The zero-order valence-electron chi connectivity index (χ0n) is 5.13. The summed E-state index contributed by atoms with van der Waals surface area (Å²) in [5, 5.41) is 8.13. The van der Waals surface area contributed by atoms with Gasteiger partial charge in [0.05, 0.1) is 12.9 Å². The molecule has 0 heterocycles. The molecule has 0 bridgehead atoms. The van der Waals surface area contributed by atoms with Gasteiger partial charge in [0.15, 0.2) is 0 Å². The van der Waals surface area contributed by atoms with Crippen LogP contribution >= 0.6 is 0 Å². The lowest BCUT2D eigenvalue weighted by molar-refractivity contribution is 0.152. The molecule has 0 aliphatic carbocycles. The predicted molar refractivity (Wildman–Crippen MR) is 32.9 cm³/mol. The number of hydrogen-bond acceptors (Lipinski definition) is 2. The van der Waals surface area contributed by atoms with Crippen molar-refractivity contribution in [2.24, 2.45) is 0 Å². The Morgan fingerprint density at radius 1 is 1.62 bits per heavy atom. The van der Waals surface area contributed by atoms with E-state index in [1.165, 1.54) is 0 Å². The molecule has 48 valence electrons. The predicted octanol–water partition coefficient (Wildman–Crippen LogP) is 1.48. The normalized spacial score (nSPS) is 10.6. The second-order valence-corrected chi connectivity index (χ2v) is 1.37. The molecule has 0 saturated carbocycles. The maximum absolute atomic E-state index is 8.13. The molecular weight excluding hydrogens is 104 g/mol. The van der Waals surface area contributed by atoms with Crippen LogP contribution in [0.2, 0.25) is 0 Å². The first-order chi connectivity index (χ1) is 3.91. The van der Waals surface area contributed by atoms with E-state index in [4.69, 9.17) is 9.84 Å². The van der Waals surface area contributed by atoms with Crippen LogP contribution in [-0.4, -0.2) is 18.3 Å². The smallest absolute Gasteiger partial charge is 0.0752 e. The van der Waals surface area contributed by atoms with Crippen LogP contribution in [0, 0.1) is 0 Å². The van der Waals surface area contributed by atoms with Crippen LogP contribution in [-0.2, 0) is 4.74 Å². The second kappa shape index (κ2) is 6.50. The Morgan fingerprint density at radius 2 is 2.38 bits per heavy atom. The number of ether oxygens (including phenoxy) is 1. The van der Waals surface area contributed by atoms with Gasteiger partial charge in [0, 0.05) is 6.61 Å². The summed E-state index contributed by atoms with van der Waals surface area (Å²) in [6, 6.07) is 0. The third-order valence-electron chi connectivity index (χ3n) is 0.738. The highest BCUT2D eigenvalue weighted by atomic mass is 16.5. The van der Waals surface area contributed by atoms with Gasteiger partial charge in [0.1, 0.15) is 0 Å². The summed E-state index contributed by atoms with van der Waals surface area (Å²) in [4.78, 5) is 0. The molecule has 0 unspecified atom stereocenters. The third-order valence-corrected chi connectivity index (χ3v) is 0.738. The zero-order chi connectivity index (χ0) is 6.24. The van der Waals surface area contributed by atoms with Gasteiger partial charge in [-0.1, -0.05) is 0 Å². The van der Waals surface area contributed by atoms with E-state index in [1.807, 2.05) is 6.92 Å². The van der Waals surface area contributed by atoms with Crippen molar-refractivity contribution in [3.05, 3.63) is 12.3 Å². The molecular formula is C6H12O2. The molecule has 1 N–H and O–H groups in total. The summed E-state index contributed by atoms with van der Waals surface area (Å²) in [6.07, 6.45) is 3.50. The first-order valence-corrected chi connectivity index (χ1v) is 2.78. The Balaban J connectivity index is 2.72. The molecule has 0 aromatic heterocycles. The van der Waals surface area contributed by atoms with Gasteiger partial charge in [-0.05, 0) is 19.4 Å². The van der Waals surface area contributed by atoms with Crippen LogP contribution in [0.4, 0.5) is 0 Å². The van der Waals surface area contributed by atoms with Gasteiger partial charge in [0.25, 0.3) is 0 Å². The van der Waals surface area contributed by atoms with Gasteiger partial charge in [-0.2, -0.15) is 0 Å².